The molecule has 0 radical (unpaired) electrons. The first-order valence-electron chi connectivity index (χ1n) is 13.5. The monoisotopic (exact) mass is 555 g/mol. The average molecular weight is 556 g/mol. The molecule has 0 spiro atoms. The van der Waals surface area contributed by atoms with Gasteiger partial charge in [-0.15, -0.1) is 0 Å². The summed E-state index contributed by atoms with van der Waals surface area (Å²) in [6.07, 6.45) is 0.538. The van der Waals surface area contributed by atoms with E-state index in [1.54, 1.807) is 0 Å². The minimum atomic E-state index is -3.78. The summed E-state index contributed by atoms with van der Waals surface area (Å²) in [7, 11) is -3.78. The van der Waals surface area contributed by atoms with Gasteiger partial charge >= 0.3 is 7.60 Å². The Balaban J connectivity index is 1.43. The van der Waals surface area contributed by atoms with E-state index in [4.69, 9.17) is 13.9 Å². The molecule has 0 saturated heterocycles. The lowest BCUT2D eigenvalue weighted by Gasteiger charge is -2.30. The first kappa shape index (κ1) is 28.0. The first-order chi connectivity index (χ1) is 19.5. The van der Waals surface area contributed by atoms with E-state index in [0.717, 1.165) is 22.3 Å². The second-order valence-electron chi connectivity index (χ2n) is 10.0. The van der Waals surface area contributed by atoms with Crippen LogP contribution in [-0.4, -0.2) is 17.5 Å². The van der Waals surface area contributed by atoms with Crippen LogP contribution in [0.2, 0.25) is 0 Å². The summed E-state index contributed by atoms with van der Waals surface area (Å²) in [6, 6.07) is 38.8. The molecule has 0 N–H and O–H groups in total. The summed E-state index contributed by atoms with van der Waals surface area (Å²) in [5.41, 5.74) is 3.64. The zero-order valence-corrected chi connectivity index (χ0v) is 23.5. The van der Waals surface area contributed by atoms with E-state index in [2.05, 4.69) is 0 Å². The molecule has 0 bridgehead atoms. The Morgan fingerprint density at radius 3 is 1.60 bits per heavy atom. The van der Waals surface area contributed by atoms with Gasteiger partial charge in [0.25, 0.3) is 0 Å². The molecule has 2 atom stereocenters. The van der Waals surface area contributed by atoms with Gasteiger partial charge in [-0.2, -0.15) is 0 Å². The molecule has 4 aromatic rings. The summed E-state index contributed by atoms with van der Waals surface area (Å²) in [4.78, 5) is 18.6. The molecular weight excluding hydrogens is 521 g/mol. The van der Waals surface area contributed by atoms with Crippen molar-refractivity contribution in [2.75, 3.05) is 6.54 Å². The quantitative estimate of drug-likeness (QED) is 0.126. The second-order valence-corrected chi connectivity index (χ2v) is 12.4. The van der Waals surface area contributed by atoms with Crippen molar-refractivity contribution in [3.05, 3.63) is 144 Å². The maximum absolute atomic E-state index is 15.0. The lowest BCUT2D eigenvalue weighted by molar-refractivity contribution is -0.190. The summed E-state index contributed by atoms with van der Waals surface area (Å²) in [5, 5.41) is 0.461. The number of hydroxylamine groups is 2. The smallest absolute Gasteiger partial charge is 0.303 e. The molecular formula is C33H34NO5P. The number of rotatable bonds is 13. The highest BCUT2D eigenvalue weighted by atomic mass is 31.2. The average Bonchev–Trinajstić information content (AvgIpc) is 3.75. The number of nitrogens with zero attached hydrogens (tertiary/aromatic N) is 1. The number of hydrogen-bond donors (Lipinski definition) is 0. The van der Waals surface area contributed by atoms with E-state index in [1.807, 2.05) is 121 Å². The minimum absolute atomic E-state index is 0.148. The zero-order valence-electron chi connectivity index (χ0n) is 22.6. The van der Waals surface area contributed by atoms with Crippen LogP contribution in [-0.2, 0) is 48.2 Å². The molecule has 0 heterocycles. The van der Waals surface area contributed by atoms with Crippen molar-refractivity contribution in [2.24, 2.45) is 5.92 Å². The fraction of sp³-hybridized carbons (Fsp3) is 0.242. The van der Waals surface area contributed by atoms with Crippen molar-refractivity contribution in [1.82, 2.24) is 5.06 Å². The maximum atomic E-state index is 15.0. The Morgan fingerprint density at radius 1 is 0.725 bits per heavy atom. The van der Waals surface area contributed by atoms with Crippen molar-refractivity contribution in [2.45, 2.75) is 38.3 Å². The lowest BCUT2D eigenvalue weighted by Crippen LogP contribution is -2.32. The molecule has 1 saturated carbocycles. The Morgan fingerprint density at radius 2 is 1.15 bits per heavy atom. The van der Waals surface area contributed by atoms with Gasteiger partial charge in [0.1, 0.15) is 11.8 Å². The third-order valence-corrected chi connectivity index (χ3v) is 10.0. The molecule has 5 rings (SSSR count). The SMILES string of the molecule is CC(=O)N(C[C@@H]1C[C@]1(c1ccccc1)P(=O)(OCc1ccccc1)OCc1ccccc1)OCc1ccccc1. The molecule has 1 fully saturated rings. The van der Waals surface area contributed by atoms with E-state index in [0.29, 0.717) is 6.42 Å². The number of amides is 1. The van der Waals surface area contributed by atoms with Gasteiger partial charge in [-0.3, -0.25) is 14.2 Å². The molecule has 7 heteroatoms. The van der Waals surface area contributed by atoms with Gasteiger partial charge < -0.3 is 9.05 Å². The molecule has 0 aromatic heterocycles. The predicted octanol–water partition coefficient (Wildman–Crippen LogP) is 7.51. The van der Waals surface area contributed by atoms with Gasteiger partial charge in [0.05, 0.1) is 19.8 Å². The molecule has 206 valence electrons. The van der Waals surface area contributed by atoms with Crippen LogP contribution in [0.4, 0.5) is 0 Å². The van der Waals surface area contributed by atoms with E-state index in [-0.39, 0.29) is 38.2 Å². The molecule has 1 aliphatic carbocycles. The Bertz CT molecular complexity index is 1370. The number of benzene rings is 4. The fourth-order valence-electron chi connectivity index (χ4n) is 5.04. The maximum Gasteiger partial charge on any atom is 0.342 e. The number of hydrogen-bond acceptors (Lipinski definition) is 5. The zero-order chi connectivity index (χ0) is 27.8. The summed E-state index contributed by atoms with van der Waals surface area (Å²) in [5.74, 6) is -0.401. The highest BCUT2D eigenvalue weighted by molar-refractivity contribution is 7.55. The van der Waals surface area contributed by atoms with Crippen LogP contribution >= 0.6 is 7.60 Å². The van der Waals surface area contributed by atoms with Crippen molar-refractivity contribution in [1.29, 1.82) is 0 Å². The third-order valence-electron chi connectivity index (χ3n) is 7.29. The van der Waals surface area contributed by atoms with Gasteiger partial charge in [-0.1, -0.05) is 121 Å². The van der Waals surface area contributed by atoms with Gasteiger partial charge in [0.15, 0.2) is 0 Å². The molecule has 6 nitrogen and oxygen atoms in total. The molecule has 1 aliphatic rings. The topological polar surface area (TPSA) is 65.1 Å². The van der Waals surface area contributed by atoms with Crippen LogP contribution in [0.15, 0.2) is 121 Å². The van der Waals surface area contributed by atoms with Crippen LogP contribution in [0.1, 0.15) is 35.6 Å². The summed E-state index contributed by atoms with van der Waals surface area (Å²) < 4.78 is 27.6. The van der Waals surface area contributed by atoms with Crippen LogP contribution in [0.25, 0.3) is 0 Å². The van der Waals surface area contributed by atoms with Crippen LogP contribution in [0.5, 0.6) is 0 Å². The molecule has 1 amide bonds. The number of carbonyl (C=O) groups is 1. The van der Waals surface area contributed by atoms with E-state index in [9.17, 15) is 9.36 Å². The molecule has 0 unspecified atom stereocenters. The normalized spacial score (nSPS) is 18.3. The van der Waals surface area contributed by atoms with Crippen molar-refractivity contribution in [3.8, 4) is 0 Å². The second kappa shape index (κ2) is 12.8. The molecule has 4 aromatic carbocycles. The largest absolute Gasteiger partial charge is 0.342 e. The Labute approximate surface area is 236 Å². The number of carbonyl (C=O) groups excluding carboxylic acids is 1. The predicted molar refractivity (Wildman–Crippen MR) is 155 cm³/mol. The van der Waals surface area contributed by atoms with Crippen LogP contribution in [0, 0.1) is 5.92 Å². The van der Waals surface area contributed by atoms with E-state index < -0.39 is 12.8 Å². The molecule has 0 aliphatic heterocycles. The van der Waals surface area contributed by atoms with Gasteiger partial charge in [0.2, 0.25) is 5.91 Å². The fourth-order valence-corrected chi connectivity index (χ4v) is 7.65. The highest BCUT2D eigenvalue weighted by Gasteiger charge is 2.69. The summed E-state index contributed by atoms with van der Waals surface area (Å²) >= 11 is 0. The standard InChI is InChI=1S/C33H34NO5P/c1-27(35)34(37-24-28-14-6-2-7-15-28)23-32-22-33(32,31-20-12-5-13-21-31)40(36,38-25-29-16-8-3-9-17-29)39-26-30-18-10-4-11-19-30/h2-21,32H,22-26H2,1H3/t32-,33+/m0/s1. The molecule has 40 heavy (non-hydrogen) atoms. The van der Waals surface area contributed by atoms with Crippen LogP contribution in [0.3, 0.4) is 0 Å². The minimum Gasteiger partial charge on any atom is -0.303 e. The first-order valence-corrected chi connectivity index (χ1v) is 15.0. The van der Waals surface area contributed by atoms with Gasteiger partial charge in [-0.25, -0.2) is 5.06 Å². The highest BCUT2D eigenvalue weighted by Crippen LogP contribution is 2.79. The van der Waals surface area contributed by atoms with Crippen molar-refractivity contribution < 1.29 is 23.2 Å². The van der Waals surface area contributed by atoms with E-state index >= 15 is 0 Å². The lowest BCUT2D eigenvalue weighted by atomic mass is 10.1. The van der Waals surface area contributed by atoms with Crippen LogP contribution < -0.4 is 0 Å². The van der Waals surface area contributed by atoms with Crippen molar-refractivity contribution >= 4 is 13.5 Å². The van der Waals surface area contributed by atoms with Gasteiger partial charge in [0, 0.05) is 12.8 Å². The Hall–Kier alpha value is -3.54. The third kappa shape index (κ3) is 6.43. The van der Waals surface area contributed by atoms with Gasteiger partial charge in [-0.05, 0) is 28.7 Å². The van der Waals surface area contributed by atoms with Crippen molar-refractivity contribution in [3.63, 3.8) is 0 Å². The Kier molecular flexibility index (Phi) is 8.93. The summed E-state index contributed by atoms with van der Waals surface area (Å²) in [6.45, 7) is 2.31. The van der Waals surface area contributed by atoms with E-state index in [1.165, 1.54) is 12.0 Å².